The zero-order valence-corrected chi connectivity index (χ0v) is 29.0. The molecular formula is C36H52O16. The Hall–Kier alpha value is -1.90. The second-order valence-electron chi connectivity index (χ2n) is 16.3. The molecule has 0 bridgehead atoms. The van der Waals surface area contributed by atoms with E-state index < -0.39 is 115 Å². The van der Waals surface area contributed by atoms with Crippen LogP contribution in [-0.4, -0.2) is 145 Å². The van der Waals surface area contributed by atoms with E-state index in [1.807, 2.05) is 6.92 Å². The molecule has 6 aliphatic rings. The molecule has 2 saturated heterocycles. The smallest absolute Gasteiger partial charge is 0.335 e. The molecule has 2 aliphatic heterocycles. The van der Waals surface area contributed by atoms with Crippen molar-refractivity contribution in [3.05, 3.63) is 34.4 Å². The van der Waals surface area contributed by atoms with Crippen molar-refractivity contribution in [1.29, 1.82) is 0 Å². The minimum Gasteiger partial charge on any atom is -0.431 e. The fourth-order valence-electron chi connectivity index (χ4n) is 11.3. The summed E-state index contributed by atoms with van der Waals surface area (Å²) in [5.41, 5.74) is -2.55. The van der Waals surface area contributed by atoms with Gasteiger partial charge in [0.15, 0.2) is 12.6 Å². The van der Waals surface area contributed by atoms with Gasteiger partial charge in [-0.1, -0.05) is 6.92 Å². The van der Waals surface area contributed by atoms with Gasteiger partial charge in [-0.25, -0.2) is 4.79 Å². The molecule has 0 unspecified atom stereocenters. The number of aliphatic hydroxyl groups excluding tert-OH is 8. The van der Waals surface area contributed by atoms with Gasteiger partial charge in [-0.2, -0.15) is 0 Å². The molecule has 6 fully saturated rings. The van der Waals surface area contributed by atoms with E-state index in [-0.39, 0.29) is 24.2 Å². The van der Waals surface area contributed by atoms with Gasteiger partial charge in [-0.3, -0.25) is 0 Å². The summed E-state index contributed by atoms with van der Waals surface area (Å²) in [5, 5.41) is 96.3. The van der Waals surface area contributed by atoms with Gasteiger partial charge in [-0.15, -0.1) is 0 Å². The fraction of sp³-hybridized carbons (Fsp3) is 0.833. The van der Waals surface area contributed by atoms with Gasteiger partial charge < -0.3 is 74.1 Å². The molecule has 1 aromatic rings. The van der Waals surface area contributed by atoms with Crippen molar-refractivity contribution in [3.8, 4) is 0 Å². The number of hydrogen-bond donors (Lipinski definition) is 9. The molecule has 3 heterocycles. The summed E-state index contributed by atoms with van der Waals surface area (Å²) in [6.07, 6.45) is -10.6. The number of carbonyl (C=O) groups excluding carboxylic acids is 1. The fourth-order valence-corrected chi connectivity index (χ4v) is 11.3. The SMILES string of the molecule is C[C@]12CC[C@H]3[C@@H](CC[C@H]4C[C@@H](O[C@@H]5O[C@H](CO)[C@@H](O[C@@H]6O[C@H](CO)[C@@H](O)[C@H](O)[C@H]6O)[C@H](O)[C@H]5O)CC[C@@]43C=O)[C@@]1(O)C[C@H](O)[C@@H]2c1ccc(=O)oc1. The van der Waals surface area contributed by atoms with Crippen LogP contribution in [0.5, 0.6) is 0 Å². The van der Waals surface area contributed by atoms with Crippen LogP contribution in [0.25, 0.3) is 0 Å². The lowest BCUT2D eigenvalue weighted by Gasteiger charge is -2.62. The summed E-state index contributed by atoms with van der Waals surface area (Å²) < 4.78 is 28.2. The zero-order chi connectivity index (χ0) is 37.3. The molecule has 0 amide bonds. The predicted octanol–water partition coefficient (Wildman–Crippen LogP) is -1.96. The molecule has 0 aromatic carbocycles. The maximum Gasteiger partial charge on any atom is 0.335 e. The number of rotatable bonds is 8. The van der Waals surface area contributed by atoms with Crippen molar-refractivity contribution in [2.75, 3.05) is 13.2 Å². The summed E-state index contributed by atoms with van der Waals surface area (Å²) in [4.78, 5) is 24.8. The third-order valence-electron chi connectivity index (χ3n) is 14.0. The Morgan fingerprint density at radius 2 is 1.52 bits per heavy atom. The normalized spacial score (nSPS) is 52.0. The van der Waals surface area contributed by atoms with E-state index in [0.29, 0.717) is 50.5 Å². The van der Waals surface area contributed by atoms with Crippen molar-refractivity contribution in [1.82, 2.24) is 0 Å². The van der Waals surface area contributed by atoms with E-state index in [4.69, 9.17) is 23.4 Å². The van der Waals surface area contributed by atoms with Crippen LogP contribution in [-0.2, 0) is 23.7 Å². The standard InChI is InChI=1S/C36H52O16/c1-34-8-7-19-20(36(34,47)11-21(40)25(34)16-2-5-24(41)48-14-16)4-3-17-10-18(6-9-35(17,19)15-39)49-32-30(46)28(44)31(23(13-38)51-32)52-33-29(45)27(43)26(42)22(12-37)50-33/h2,5,14-15,17-23,25-33,37-38,40,42-47H,3-4,6-13H2,1H3/t17-,18-,19-,20+,21-,22+,23+,25-,26+,27-,28+,29+,30+,31+,32+,33-,34+,35+,36-/m0/s1. The van der Waals surface area contributed by atoms with Gasteiger partial charge in [0.25, 0.3) is 0 Å². The summed E-state index contributed by atoms with van der Waals surface area (Å²) in [5.74, 6) is -0.936. The van der Waals surface area contributed by atoms with E-state index >= 15 is 0 Å². The highest BCUT2D eigenvalue weighted by Gasteiger charge is 2.70. The van der Waals surface area contributed by atoms with Gasteiger partial charge >= 0.3 is 5.63 Å². The van der Waals surface area contributed by atoms with Crippen molar-refractivity contribution < 1.29 is 74.1 Å². The Kier molecular flexibility index (Phi) is 10.6. The molecule has 19 atom stereocenters. The summed E-state index contributed by atoms with van der Waals surface area (Å²) in [6.45, 7) is 0.598. The molecule has 52 heavy (non-hydrogen) atoms. The second kappa shape index (κ2) is 14.3. The maximum absolute atomic E-state index is 13.2. The number of aliphatic hydroxyl groups is 9. The van der Waals surface area contributed by atoms with Crippen molar-refractivity contribution in [3.63, 3.8) is 0 Å². The highest BCUT2D eigenvalue weighted by Crippen LogP contribution is 2.70. The van der Waals surface area contributed by atoms with Crippen LogP contribution in [0.3, 0.4) is 0 Å². The summed E-state index contributed by atoms with van der Waals surface area (Å²) >= 11 is 0. The largest absolute Gasteiger partial charge is 0.431 e. The van der Waals surface area contributed by atoms with Gasteiger partial charge in [0, 0.05) is 29.2 Å². The Balaban J connectivity index is 1.02. The lowest BCUT2D eigenvalue weighted by atomic mass is 9.43. The highest BCUT2D eigenvalue weighted by molar-refractivity contribution is 5.62. The first-order valence-electron chi connectivity index (χ1n) is 18.4. The minimum absolute atomic E-state index is 0.106. The predicted molar refractivity (Wildman–Crippen MR) is 174 cm³/mol. The van der Waals surface area contributed by atoms with Crippen molar-refractivity contribution in [2.24, 2.45) is 28.6 Å². The Morgan fingerprint density at radius 3 is 2.19 bits per heavy atom. The van der Waals surface area contributed by atoms with Crippen LogP contribution in [0.15, 0.2) is 27.6 Å². The first-order valence-corrected chi connectivity index (χ1v) is 18.4. The highest BCUT2D eigenvalue weighted by atomic mass is 16.7. The van der Waals surface area contributed by atoms with Crippen LogP contribution in [0, 0.1) is 28.6 Å². The van der Waals surface area contributed by atoms with Crippen LogP contribution >= 0.6 is 0 Å². The van der Waals surface area contributed by atoms with Crippen LogP contribution < -0.4 is 5.63 Å². The van der Waals surface area contributed by atoms with Crippen LogP contribution in [0.4, 0.5) is 0 Å². The third-order valence-corrected chi connectivity index (χ3v) is 14.0. The van der Waals surface area contributed by atoms with Crippen molar-refractivity contribution in [2.45, 2.75) is 143 Å². The quantitative estimate of drug-likeness (QED) is 0.103. The van der Waals surface area contributed by atoms with Crippen LogP contribution in [0.1, 0.15) is 69.8 Å². The number of fused-ring (bicyclic) bond motifs is 5. The van der Waals surface area contributed by atoms with E-state index in [1.54, 1.807) is 6.07 Å². The molecule has 0 spiro atoms. The van der Waals surface area contributed by atoms with Crippen LogP contribution in [0.2, 0.25) is 0 Å². The van der Waals surface area contributed by atoms with Gasteiger partial charge in [0.1, 0.15) is 55.1 Å². The Labute approximate surface area is 299 Å². The summed E-state index contributed by atoms with van der Waals surface area (Å²) in [6, 6.07) is 2.97. The minimum atomic E-state index is -1.78. The molecule has 292 valence electrons. The van der Waals surface area contributed by atoms with Gasteiger partial charge in [0.05, 0.1) is 37.3 Å². The number of carbonyl (C=O) groups is 1. The lowest BCUT2D eigenvalue weighted by molar-refractivity contribution is -0.364. The molecule has 16 nitrogen and oxygen atoms in total. The first-order chi connectivity index (χ1) is 24.7. The molecule has 16 heteroatoms. The average Bonchev–Trinajstić information content (AvgIpc) is 3.35. The van der Waals surface area contributed by atoms with Gasteiger partial charge in [0.2, 0.25) is 0 Å². The van der Waals surface area contributed by atoms with E-state index in [2.05, 4.69) is 0 Å². The van der Waals surface area contributed by atoms with E-state index in [9.17, 15) is 55.5 Å². The number of hydrogen-bond acceptors (Lipinski definition) is 16. The molecule has 7 rings (SSSR count). The molecule has 9 N–H and O–H groups in total. The molecular weight excluding hydrogens is 688 g/mol. The monoisotopic (exact) mass is 740 g/mol. The van der Waals surface area contributed by atoms with E-state index in [0.717, 1.165) is 6.29 Å². The van der Waals surface area contributed by atoms with Gasteiger partial charge in [-0.05, 0) is 74.3 Å². The Bertz CT molecular complexity index is 1470. The molecule has 0 radical (unpaired) electrons. The van der Waals surface area contributed by atoms with Crippen molar-refractivity contribution >= 4 is 6.29 Å². The summed E-state index contributed by atoms with van der Waals surface area (Å²) in [7, 11) is 0. The topological polar surface area (TPSA) is 266 Å². The maximum atomic E-state index is 13.2. The number of aldehydes is 1. The Morgan fingerprint density at radius 1 is 0.827 bits per heavy atom. The number of ether oxygens (including phenoxy) is 4. The second-order valence-corrected chi connectivity index (χ2v) is 16.3. The molecule has 4 saturated carbocycles. The average molecular weight is 741 g/mol. The first kappa shape index (κ1) is 38.4. The third kappa shape index (κ3) is 5.93. The van der Waals surface area contributed by atoms with E-state index in [1.165, 1.54) is 12.3 Å². The lowest BCUT2D eigenvalue weighted by Crippen LogP contribution is -2.65. The molecule has 1 aromatic heterocycles. The zero-order valence-electron chi connectivity index (χ0n) is 29.0. The molecule has 4 aliphatic carbocycles.